The van der Waals surface area contributed by atoms with Gasteiger partial charge < -0.3 is 16.0 Å². The van der Waals surface area contributed by atoms with Gasteiger partial charge in [-0.3, -0.25) is 9.79 Å². The predicted octanol–water partition coefficient (Wildman–Crippen LogP) is 2.71. The van der Waals surface area contributed by atoms with Gasteiger partial charge in [0.05, 0.1) is 6.54 Å². The van der Waals surface area contributed by atoms with E-state index in [4.69, 9.17) is 0 Å². The SMILES string of the molecule is CN=C(NCC(=O)NCCc1ccccc1)NCc1ccc(F)cc1CSC. The Morgan fingerprint density at radius 1 is 1.07 bits per heavy atom. The normalized spacial score (nSPS) is 11.2. The number of guanidine groups is 1. The van der Waals surface area contributed by atoms with E-state index in [1.165, 1.54) is 11.6 Å². The summed E-state index contributed by atoms with van der Waals surface area (Å²) in [5.74, 6) is 0.939. The Bertz CT molecular complexity index is 783. The fraction of sp³-hybridized carbons (Fsp3) is 0.333. The predicted molar refractivity (Wildman–Crippen MR) is 115 cm³/mol. The number of thioether (sulfide) groups is 1. The number of amides is 1. The second kappa shape index (κ2) is 12.0. The van der Waals surface area contributed by atoms with Gasteiger partial charge in [0.2, 0.25) is 5.91 Å². The number of hydrogen-bond donors (Lipinski definition) is 3. The molecule has 0 unspecified atom stereocenters. The summed E-state index contributed by atoms with van der Waals surface area (Å²) < 4.78 is 13.4. The van der Waals surface area contributed by atoms with E-state index in [0.717, 1.165) is 23.3 Å². The molecule has 0 saturated carbocycles. The van der Waals surface area contributed by atoms with E-state index < -0.39 is 0 Å². The number of halogens is 1. The van der Waals surface area contributed by atoms with Crippen LogP contribution in [0, 0.1) is 5.82 Å². The van der Waals surface area contributed by atoms with Gasteiger partial charge in [0.1, 0.15) is 5.82 Å². The van der Waals surface area contributed by atoms with E-state index in [0.29, 0.717) is 19.0 Å². The molecular formula is C21H27FN4OS. The summed E-state index contributed by atoms with van der Waals surface area (Å²) in [5, 5.41) is 9.05. The minimum Gasteiger partial charge on any atom is -0.354 e. The number of benzene rings is 2. The summed E-state index contributed by atoms with van der Waals surface area (Å²) in [7, 11) is 1.65. The van der Waals surface area contributed by atoms with E-state index in [1.54, 1.807) is 30.9 Å². The maximum absolute atomic E-state index is 13.4. The molecule has 0 spiro atoms. The number of hydrogen-bond acceptors (Lipinski definition) is 3. The molecule has 0 bridgehead atoms. The number of aliphatic imine (C=N–C) groups is 1. The Hall–Kier alpha value is -2.54. The third kappa shape index (κ3) is 7.60. The Labute approximate surface area is 170 Å². The Kier molecular flexibility index (Phi) is 9.34. The molecule has 7 heteroatoms. The van der Waals surface area contributed by atoms with Gasteiger partial charge in [-0.2, -0.15) is 11.8 Å². The van der Waals surface area contributed by atoms with E-state index in [9.17, 15) is 9.18 Å². The van der Waals surface area contributed by atoms with E-state index in [1.807, 2.05) is 36.6 Å². The maximum atomic E-state index is 13.4. The van der Waals surface area contributed by atoms with Crippen LogP contribution < -0.4 is 16.0 Å². The average Bonchev–Trinajstić information content (AvgIpc) is 2.70. The minimum absolute atomic E-state index is 0.0938. The monoisotopic (exact) mass is 402 g/mol. The first kappa shape index (κ1) is 21.8. The molecule has 0 fully saturated rings. The van der Waals surface area contributed by atoms with Crippen molar-refractivity contribution in [1.82, 2.24) is 16.0 Å². The fourth-order valence-corrected chi connectivity index (χ4v) is 3.25. The lowest BCUT2D eigenvalue weighted by molar-refractivity contribution is -0.119. The van der Waals surface area contributed by atoms with Crippen LogP contribution in [-0.2, 0) is 23.5 Å². The second-order valence-corrected chi connectivity index (χ2v) is 7.08. The lowest BCUT2D eigenvalue weighted by Crippen LogP contribution is -2.43. The van der Waals surface area contributed by atoms with Crippen molar-refractivity contribution in [3.63, 3.8) is 0 Å². The molecule has 0 atom stereocenters. The van der Waals surface area contributed by atoms with Crippen molar-refractivity contribution in [3.05, 3.63) is 71.0 Å². The number of nitrogens with zero attached hydrogens (tertiary/aromatic N) is 1. The molecule has 150 valence electrons. The molecule has 0 saturated heterocycles. The number of carbonyl (C=O) groups is 1. The molecule has 28 heavy (non-hydrogen) atoms. The number of nitrogens with one attached hydrogen (secondary N) is 3. The highest BCUT2D eigenvalue weighted by Gasteiger charge is 2.07. The van der Waals surface area contributed by atoms with Crippen LogP contribution in [-0.4, -0.2) is 38.3 Å². The van der Waals surface area contributed by atoms with Crippen molar-refractivity contribution in [2.24, 2.45) is 4.99 Å². The molecule has 2 aromatic rings. The fourth-order valence-electron chi connectivity index (χ4n) is 2.67. The summed E-state index contributed by atoms with van der Waals surface area (Å²) in [4.78, 5) is 16.1. The maximum Gasteiger partial charge on any atom is 0.239 e. The van der Waals surface area contributed by atoms with Crippen molar-refractivity contribution < 1.29 is 9.18 Å². The Morgan fingerprint density at radius 3 is 2.57 bits per heavy atom. The molecule has 0 radical (unpaired) electrons. The van der Waals surface area contributed by atoms with Crippen LogP contribution in [0.2, 0.25) is 0 Å². The number of rotatable bonds is 9. The molecule has 0 aliphatic carbocycles. The highest BCUT2D eigenvalue weighted by molar-refractivity contribution is 7.97. The van der Waals surface area contributed by atoms with Gasteiger partial charge in [-0.25, -0.2) is 4.39 Å². The van der Waals surface area contributed by atoms with E-state index in [-0.39, 0.29) is 18.3 Å². The molecule has 0 heterocycles. The van der Waals surface area contributed by atoms with Gasteiger partial charge in [0, 0.05) is 25.9 Å². The highest BCUT2D eigenvalue weighted by Crippen LogP contribution is 2.16. The van der Waals surface area contributed by atoms with Gasteiger partial charge in [-0.05, 0) is 41.5 Å². The van der Waals surface area contributed by atoms with Gasteiger partial charge in [-0.15, -0.1) is 0 Å². The van der Waals surface area contributed by atoms with Crippen molar-refractivity contribution in [2.45, 2.75) is 18.7 Å². The molecule has 1 amide bonds. The van der Waals surface area contributed by atoms with Crippen LogP contribution >= 0.6 is 11.8 Å². The summed E-state index contributed by atoms with van der Waals surface area (Å²) >= 11 is 1.64. The summed E-state index contributed by atoms with van der Waals surface area (Å²) in [6.45, 7) is 1.23. The largest absolute Gasteiger partial charge is 0.354 e. The molecule has 0 aliphatic rings. The summed E-state index contributed by atoms with van der Waals surface area (Å²) in [5.41, 5.74) is 3.15. The Balaban J connectivity index is 1.74. The number of carbonyl (C=O) groups excluding carboxylic acids is 1. The minimum atomic E-state index is -0.234. The van der Waals surface area contributed by atoms with Gasteiger partial charge in [0.15, 0.2) is 5.96 Å². The third-order valence-corrected chi connectivity index (χ3v) is 4.73. The smallest absolute Gasteiger partial charge is 0.239 e. The molecule has 0 aromatic heterocycles. The first-order valence-electron chi connectivity index (χ1n) is 9.13. The van der Waals surface area contributed by atoms with Crippen molar-refractivity contribution in [1.29, 1.82) is 0 Å². The van der Waals surface area contributed by atoms with Gasteiger partial charge in [0.25, 0.3) is 0 Å². The topological polar surface area (TPSA) is 65.5 Å². The van der Waals surface area contributed by atoms with E-state index >= 15 is 0 Å². The summed E-state index contributed by atoms with van der Waals surface area (Å²) in [6.07, 6.45) is 2.78. The van der Waals surface area contributed by atoms with Crippen LogP contribution in [0.4, 0.5) is 4.39 Å². The molecule has 0 aliphatic heterocycles. The second-order valence-electron chi connectivity index (χ2n) is 6.21. The molecule has 5 nitrogen and oxygen atoms in total. The van der Waals surface area contributed by atoms with Crippen molar-refractivity contribution in [2.75, 3.05) is 26.4 Å². The Morgan fingerprint density at radius 2 is 1.86 bits per heavy atom. The van der Waals surface area contributed by atoms with E-state index in [2.05, 4.69) is 20.9 Å². The first-order chi connectivity index (χ1) is 13.6. The van der Waals surface area contributed by atoms with Gasteiger partial charge >= 0.3 is 0 Å². The molecule has 2 aromatic carbocycles. The van der Waals surface area contributed by atoms with Crippen LogP contribution in [0.15, 0.2) is 53.5 Å². The quantitative estimate of drug-likeness (QED) is 0.446. The third-order valence-electron chi connectivity index (χ3n) is 4.13. The van der Waals surface area contributed by atoms with Crippen molar-refractivity contribution >= 4 is 23.6 Å². The zero-order valence-corrected chi connectivity index (χ0v) is 17.1. The summed E-state index contributed by atoms with van der Waals surface area (Å²) in [6, 6.07) is 14.8. The molecule has 2 rings (SSSR count). The van der Waals surface area contributed by atoms with Gasteiger partial charge in [-0.1, -0.05) is 36.4 Å². The van der Waals surface area contributed by atoms with Crippen LogP contribution in [0.5, 0.6) is 0 Å². The zero-order valence-electron chi connectivity index (χ0n) is 16.3. The zero-order chi connectivity index (χ0) is 20.2. The average molecular weight is 403 g/mol. The molecular weight excluding hydrogens is 375 g/mol. The molecule has 3 N–H and O–H groups in total. The van der Waals surface area contributed by atoms with Crippen LogP contribution in [0.25, 0.3) is 0 Å². The van der Waals surface area contributed by atoms with Crippen molar-refractivity contribution in [3.8, 4) is 0 Å². The lowest BCUT2D eigenvalue weighted by atomic mass is 10.1. The van der Waals surface area contributed by atoms with Crippen LogP contribution in [0.3, 0.4) is 0 Å². The standard InChI is InChI=1S/C21H27FN4OS/c1-23-21(25-13-17-8-9-19(22)12-18(17)15-28-2)26-14-20(27)24-11-10-16-6-4-3-5-7-16/h3-9,12H,10-11,13-15H2,1-2H3,(H,24,27)(H2,23,25,26). The highest BCUT2D eigenvalue weighted by atomic mass is 32.2. The lowest BCUT2D eigenvalue weighted by Gasteiger charge is -2.14. The first-order valence-corrected chi connectivity index (χ1v) is 10.5. The van der Waals surface area contributed by atoms with Crippen LogP contribution in [0.1, 0.15) is 16.7 Å².